The summed E-state index contributed by atoms with van der Waals surface area (Å²) in [6.45, 7) is 7.89. The normalized spacial score (nSPS) is 12.0. The second kappa shape index (κ2) is 15.6. The zero-order valence-electron chi connectivity index (χ0n) is 27.1. The quantitative estimate of drug-likeness (QED) is 0.185. The van der Waals surface area contributed by atoms with Crippen molar-refractivity contribution in [2.45, 2.75) is 51.6 Å². The van der Waals surface area contributed by atoms with Crippen LogP contribution in [0, 0.1) is 19.8 Å². The summed E-state index contributed by atoms with van der Waals surface area (Å²) in [7, 11) is -2.65. The zero-order valence-corrected chi connectivity index (χ0v) is 28.0. The first-order chi connectivity index (χ1) is 22.0. The molecule has 2 amide bonds. The molecule has 0 aromatic heterocycles. The van der Waals surface area contributed by atoms with Gasteiger partial charge in [-0.1, -0.05) is 91.7 Å². The standard InChI is InChI=1S/C37H43N3O5S/c1-27(2)24-38-37(42)35(23-30-11-7-6-8-12-30)39(25-31-13-9-10-29(4)22-31)36(41)26-40(32-16-18-33(45-5)19-17-32)46(43,44)34-20-14-28(3)15-21-34/h6-22,27,35H,23-26H2,1-5H3,(H,38,42)/t35-/m1/s1. The van der Waals surface area contributed by atoms with Gasteiger partial charge in [-0.25, -0.2) is 8.42 Å². The fourth-order valence-electron chi connectivity index (χ4n) is 5.10. The van der Waals surface area contributed by atoms with Crippen molar-refractivity contribution in [3.8, 4) is 5.75 Å². The molecule has 4 rings (SSSR count). The molecule has 0 saturated carbocycles. The number of nitrogens with zero attached hydrogens (tertiary/aromatic N) is 2. The molecule has 4 aromatic rings. The van der Waals surface area contributed by atoms with Gasteiger partial charge in [0.25, 0.3) is 10.0 Å². The lowest BCUT2D eigenvalue weighted by atomic mass is 10.0. The first-order valence-corrected chi connectivity index (χ1v) is 16.8. The molecule has 8 nitrogen and oxygen atoms in total. The van der Waals surface area contributed by atoms with Crippen LogP contribution in [-0.2, 0) is 32.6 Å². The summed E-state index contributed by atoms with van der Waals surface area (Å²) in [6, 6.07) is 29.4. The van der Waals surface area contributed by atoms with E-state index in [1.807, 2.05) is 82.3 Å². The van der Waals surface area contributed by atoms with E-state index in [9.17, 15) is 18.0 Å². The lowest BCUT2D eigenvalue weighted by molar-refractivity contribution is -0.140. The molecule has 46 heavy (non-hydrogen) atoms. The van der Waals surface area contributed by atoms with Gasteiger partial charge in [-0.15, -0.1) is 0 Å². The summed E-state index contributed by atoms with van der Waals surface area (Å²) < 4.78 is 34.8. The van der Waals surface area contributed by atoms with Gasteiger partial charge in [0.15, 0.2) is 0 Å². The average Bonchev–Trinajstić information content (AvgIpc) is 3.04. The number of amides is 2. The maximum Gasteiger partial charge on any atom is 0.264 e. The molecule has 0 aliphatic heterocycles. The minimum atomic E-state index is -4.18. The highest BCUT2D eigenvalue weighted by Crippen LogP contribution is 2.27. The van der Waals surface area contributed by atoms with E-state index in [1.54, 1.807) is 36.4 Å². The number of ether oxygens (including phenoxy) is 1. The number of anilines is 1. The summed E-state index contributed by atoms with van der Waals surface area (Å²) in [5.74, 6) is -0.0503. The molecule has 0 saturated heterocycles. The number of hydrogen-bond acceptors (Lipinski definition) is 5. The number of benzene rings is 4. The Bertz CT molecular complexity index is 1710. The third kappa shape index (κ3) is 8.97. The van der Waals surface area contributed by atoms with Gasteiger partial charge in [0.2, 0.25) is 11.8 Å². The van der Waals surface area contributed by atoms with Gasteiger partial charge in [0.05, 0.1) is 17.7 Å². The molecular formula is C37H43N3O5S. The van der Waals surface area contributed by atoms with Crippen molar-refractivity contribution in [1.29, 1.82) is 0 Å². The van der Waals surface area contributed by atoms with Gasteiger partial charge in [0.1, 0.15) is 18.3 Å². The molecule has 1 N–H and O–H groups in total. The van der Waals surface area contributed by atoms with Crippen molar-refractivity contribution in [1.82, 2.24) is 10.2 Å². The van der Waals surface area contributed by atoms with E-state index in [2.05, 4.69) is 5.32 Å². The van der Waals surface area contributed by atoms with Crippen LogP contribution in [0.1, 0.15) is 36.1 Å². The number of carbonyl (C=O) groups is 2. The van der Waals surface area contributed by atoms with E-state index < -0.39 is 28.5 Å². The van der Waals surface area contributed by atoms with Crippen LogP contribution in [0.3, 0.4) is 0 Å². The maximum absolute atomic E-state index is 14.6. The number of nitrogens with one attached hydrogen (secondary N) is 1. The molecule has 0 aliphatic carbocycles. The van der Waals surface area contributed by atoms with E-state index in [-0.39, 0.29) is 29.7 Å². The monoisotopic (exact) mass is 641 g/mol. The highest BCUT2D eigenvalue weighted by Gasteiger charge is 2.34. The lowest BCUT2D eigenvalue weighted by Crippen LogP contribution is -2.53. The predicted octanol–water partition coefficient (Wildman–Crippen LogP) is 5.92. The Morgan fingerprint density at radius 2 is 1.46 bits per heavy atom. The second-order valence-electron chi connectivity index (χ2n) is 11.9. The van der Waals surface area contributed by atoms with Crippen molar-refractivity contribution in [2.24, 2.45) is 5.92 Å². The summed E-state index contributed by atoms with van der Waals surface area (Å²) in [4.78, 5) is 30.0. The van der Waals surface area contributed by atoms with Crippen molar-refractivity contribution >= 4 is 27.5 Å². The van der Waals surface area contributed by atoms with E-state index in [1.165, 1.54) is 24.1 Å². The van der Waals surface area contributed by atoms with E-state index in [0.29, 0.717) is 18.0 Å². The highest BCUT2D eigenvalue weighted by atomic mass is 32.2. The van der Waals surface area contributed by atoms with E-state index in [4.69, 9.17) is 4.74 Å². The highest BCUT2D eigenvalue weighted by molar-refractivity contribution is 7.92. The molecule has 0 aliphatic rings. The van der Waals surface area contributed by atoms with Gasteiger partial charge in [-0.2, -0.15) is 0 Å². The van der Waals surface area contributed by atoms with Gasteiger partial charge in [-0.3, -0.25) is 13.9 Å². The molecule has 0 spiro atoms. The Hall–Kier alpha value is -4.63. The second-order valence-corrected chi connectivity index (χ2v) is 13.7. The van der Waals surface area contributed by atoms with Crippen molar-refractivity contribution in [2.75, 3.05) is 24.5 Å². The molecule has 0 unspecified atom stereocenters. The van der Waals surface area contributed by atoms with Gasteiger partial charge in [0, 0.05) is 19.5 Å². The molecule has 242 valence electrons. The fraction of sp³-hybridized carbons (Fsp3) is 0.297. The maximum atomic E-state index is 14.6. The van der Waals surface area contributed by atoms with Crippen LogP contribution in [0.25, 0.3) is 0 Å². The van der Waals surface area contributed by atoms with Crippen LogP contribution in [0.4, 0.5) is 5.69 Å². The van der Waals surface area contributed by atoms with Gasteiger partial charge >= 0.3 is 0 Å². The smallest absolute Gasteiger partial charge is 0.264 e. The largest absolute Gasteiger partial charge is 0.497 e. The third-order valence-electron chi connectivity index (χ3n) is 7.64. The number of hydrogen-bond donors (Lipinski definition) is 1. The predicted molar refractivity (Wildman–Crippen MR) is 182 cm³/mol. The molecule has 4 aromatic carbocycles. The number of methoxy groups -OCH3 is 1. The Morgan fingerprint density at radius 3 is 2.07 bits per heavy atom. The van der Waals surface area contributed by atoms with E-state index >= 15 is 0 Å². The number of carbonyl (C=O) groups excluding carboxylic acids is 2. The first kappa shape index (κ1) is 34.2. The van der Waals surface area contributed by atoms with E-state index in [0.717, 1.165) is 26.6 Å². The Labute approximate surface area is 273 Å². The minimum Gasteiger partial charge on any atom is -0.497 e. The topological polar surface area (TPSA) is 96.0 Å². The Kier molecular flexibility index (Phi) is 11.6. The number of aryl methyl sites for hydroxylation is 2. The molecule has 9 heteroatoms. The molecule has 0 fully saturated rings. The summed E-state index contributed by atoms with van der Waals surface area (Å²) in [5, 5.41) is 3.02. The first-order valence-electron chi connectivity index (χ1n) is 15.4. The van der Waals surface area contributed by atoms with Crippen LogP contribution in [0.15, 0.2) is 108 Å². The number of sulfonamides is 1. The molecule has 0 heterocycles. The van der Waals surface area contributed by atoms with Crippen LogP contribution >= 0.6 is 0 Å². The molecule has 1 atom stereocenters. The Balaban J connectivity index is 1.80. The van der Waals surface area contributed by atoms with Crippen molar-refractivity contribution in [3.63, 3.8) is 0 Å². The van der Waals surface area contributed by atoms with Gasteiger partial charge in [-0.05, 0) is 67.3 Å². The zero-order chi connectivity index (χ0) is 33.3. The Morgan fingerprint density at radius 1 is 0.804 bits per heavy atom. The molecular weight excluding hydrogens is 598 g/mol. The SMILES string of the molecule is COc1ccc(N(CC(=O)N(Cc2cccc(C)c2)[C@H](Cc2ccccc2)C(=O)NCC(C)C)S(=O)(=O)c2ccc(C)cc2)cc1. The summed E-state index contributed by atoms with van der Waals surface area (Å²) in [5.41, 5.74) is 3.94. The third-order valence-corrected chi connectivity index (χ3v) is 9.43. The van der Waals surface area contributed by atoms with Crippen LogP contribution in [0.2, 0.25) is 0 Å². The van der Waals surface area contributed by atoms with Crippen LogP contribution in [-0.4, -0.2) is 51.4 Å². The molecule has 0 bridgehead atoms. The minimum absolute atomic E-state index is 0.0578. The summed E-state index contributed by atoms with van der Waals surface area (Å²) in [6.07, 6.45) is 0.259. The fourth-order valence-corrected chi connectivity index (χ4v) is 6.51. The average molecular weight is 642 g/mol. The summed E-state index contributed by atoms with van der Waals surface area (Å²) >= 11 is 0. The van der Waals surface area contributed by atoms with Gasteiger partial charge < -0.3 is 15.0 Å². The van der Waals surface area contributed by atoms with Crippen molar-refractivity contribution < 1.29 is 22.7 Å². The van der Waals surface area contributed by atoms with Crippen molar-refractivity contribution in [3.05, 3.63) is 125 Å². The van der Waals surface area contributed by atoms with Crippen LogP contribution < -0.4 is 14.4 Å². The molecule has 0 radical (unpaired) electrons. The number of rotatable bonds is 14. The lowest BCUT2D eigenvalue weighted by Gasteiger charge is -2.34. The van der Waals surface area contributed by atoms with Crippen LogP contribution in [0.5, 0.6) is 5.75 Å².